The van der Waals surface area contributed by atoms with E-state index >= 15 is 0 Å². The van der Waals surface area contributed by atoms with Crippen molar-refractivity contribution in [2.24, 2.45) is 4.99 Å². The molecule has 2 aromatic carbocycles. The lowest BCUT2D eigenvalue weighted by Crippen LogP contribution is -2.40. The number of carbonyl (C=O) groups is 2. The third-order valence-corrected chi connectivity index (χ3v) is 6.26. The van der Waals surface area contributed by atoms with Crippen molar-refractivity contribution < 1.29 is 24.2 Å². The van der Waals surface area contributed by atoms with Gasteiger partial charge < -0.3 is 19.5 Å². The van der Waals surface area contributed by atoms with Crippen LogP contribution in [0.1, 0.15) is 22.8 Å². The number of phenols is 1. The molecule has 2 aromatic rings. The average molecular weight is 468 g/mol. The predicted molar refractivity (Wildman–Crippen MR) is 128 cm³/mol. The van der Waals surface area contributed by atoms with Crippen molar-refractivity contribution in [3.63, 3.8) is 0 Å². The van der Waals surface area contributed by atoms with Gasteiger partial charge in [-0.05, 0) is 60.7 Å². The molecule has 2 saturated heterocycles. The van der Waals surface area contributed by atoms with Crippen LogP contribution in [0.15, 0.2) is 52.4 Å². The molecule has 172 valence electrons. The van der Waals surface area contributed by atoms with E-state index in [0.29, 0.717) is 60.0 Å². The van der Waals surface area contributed by atoms with Crippen LogP contribution in [-0.2, 0) is 9.53 Å². The number of hydrogen-bond donors (Lipinski definition) is 1. The molecule has 0 atom stereocenters. The number of phenolic OH excluding ortho intramolecular Hbond substituents is 1. The van der Waals surface area contributed by atoms with Gasteiger partial charge in [0.2, 0.25) is 0 Å². The molecule has 0 aliphatic carbocycles. The number of likely N-dealkylation sites (N-methyl/N-ethyl adjacent to an activating group) is 1. The van der Waals surface area contributed by atoms with Crippen LogP contribution in [0.2, 0.25) is 0 Å². The minimum Gasteiger partial charge on any atom is -0.504 e. The lowest BCUT2D eigenvalue weighted by Gasteiger charge is -2.26. The number of nitrogens with zero attached hydrogens (tertiary/aromatic N) is 3. The fourth-order valence-electron chi connectivity index (χ4n) is 3.46. The fraction of sp³-hybridized carbons (Fsp3) is 0.292. The number of amides is 2. The fourth-order valence-corrected chi connectivity index (χ4v) is 4.45. The SMILES string of the molecule is CCOc1cc(/C=C2/SC(=Nc3cccc(C(=O)N4CCOCC4)c3)N(C)C2=O)ccc1O. The Bertz CT molecular complexity index is 1120. The number of amidine groups is 1. The Morgan fingerprint density at radius 3 is 2.79 bits per heavy atom. The molecule has 4 rings (SSSR count). The standard InChI is InChI=1S/C24H25N3O5S/c1-3-32-20-13-16(7-8-19(20)28)14-21-23(30)26(2)24(33-21)25-18-6-4-5-17(15-18)22(29)27-9-11-31-12-10-27/h4-8,13-15,28H,3,9-12H2,1-2H3/b21-14+,25-24?. The molecule has 0 radical (unpaired) electrons. The van der Waals surface area contributed by atoms with E-state index in [1.165, 1.54) is 22.7 Å². The predicted octanol–water partition coefficient (Wildman–Crippen LogP) is 3.50. The van der Waals surface area contributed by atoms with Crippen LogP contribution in [-0.4, -0.2) is 71.8 Å². The van der Waals surface area contributed by atoms with Crippen LogP contribution in [0.3, 0.4) is 0 Å². The van der Waals surface area contributed by atoms with Crippen LogP contribution in [0.25, 0.3) is 6.08 Å². The van der Waals surface area contributed by atoms with Gasteiger partial charge in [0.05, 0.1) is 30.4 Å². The maximum absolute atomic E-state index is 12.8. The van der Waals surface area contributed by atoms with Crippen LogP contribution in [0.4, 0.5) is 5.69 Å². The van der Waals surface area contributed by atoms with Gasteiger partial charge in [0.25, 0.3) is 11.8 Å². The first kappa shape index (κ1) is 22.9. The van der Waals surface area contributed by atoms with Gasteiger partial charge in [-0.2, -0.15) is 0 Å². The first-order valence-electron chi connectivity index (χ1n) is 10.7. The van der Waals surface area contributed by atoms with Crippen molar-refractivity contribution in [3.05, 3.63) is 58.5 Å². The summed E-state index contributed by atoms with van der Waals surface area (Å²) in [7, 11) is 1.67. The van der Waals surface area contributed by atoms with E-state index in [-0.39, 0.29) is 17.6 Å². The molecular weight excluding hydrogens is 442 g/mol. The van der Waals surface area contributed by atoms with Gasteiger partial charge in [-0.1, -0.05) is 12.1 Å². The molecule has 0 saturated carbocycles. The van der Waals surface area contributed by atoms with Crippen LogP contribution in [0.5, 0.6) is 11.5 Å². The number of thioether (sulfide) groups is 1. The quantitative estimate of drug-likeness (QED) is 0.677. The topological polar surface area (TPSA) is 91.7 Å². The van der Waals surface area contributed by atoms with Crippen LogP contribution < -0.4 is 4.74 Å². The maximum atomic E-state index is 12.8. The number of carbonyl (C=O) groups excluding carboxylic acids is 2. The van der Waals surface area contributed by atoms with Gasteiger partial charge in [0, 0.05) is 25.7 Å². The average Bonchev–Trinajstić information content (AvgIpc) is 3.09. The zero-order valence-corrected chi connectivity index (χ0v) is 19.3. The summed E-state index contributed by atoms with van der Waals surface area (Å²) in [6.45, 7) is 4.48. The zero-order chi connectivity index (χ0) is 23.4. The number of morpholine rings is 1. The van der Waals surface area contributed by atoms with Crippen molar-refractivity contribution in [1.82, 2.24) is 9.80 Å². The van der Waals surface area contributed by atoms with Crippen LogP contribution >= 0.6 is 11.8 Å². The van der Waals surface area contributed by atoms with E-state index < -0.39 is 0 Å². The van der Waals surface area contributed by atoms with Crippen molar-refractivity contribution >= 4 is 40.5 Å². The third-order valence-electron chi connectivity index (χ3n) is 5.20. The van der Waals surface area contributed by atoms with E-state index in [0.717, 1.165) is 5.56 Å². The molecule has 2 fully saturated rings. The van der Waals surface area contributed by atoms with Gasteiger partial charge in [0.1, 0.15) is 0 Å². The monoisotopic (exact) mass is 467 g/mol. The minimum absolute atomic E-state index is 0.0512. The summed E-state index contributed by atoms with van der Waals surface area (Å²) in [6, 6.07) is 12.0. The highest BCUT2D eigenvalue weighted by atomic mass is 32.2. The number of aromatic hydroxyl groups is 1. The summed E-state index contributed by atoms with van der Waals surface area (Å²) >= 11 is 1.25. The van der Waals surface area contributed by atoms with E-state index in [1.807, 2.05) is 6.92 Å². The summed E-state index contributed by atoms with van der Waals surface area (Å²) < 4.78 is 10.7. The molecule has 0 spiro atoms. The Balaban J connectivity index is 1.55. The third kappa shape index (κ3) is 5.20. The molecule has 8 nitrogen and oxygen atoms in total. The number of hydrogen-bond acceptors (Lipinski definition) is 7. The molecule has 2 aliphatic heterocycles. The van der Waals surface area contributed by atoms with Crippen molar-refractivity contribution in [2.45, 2.75) is 6.92 Å². The number of rotatable bonds is 5. The molecule has 0 aromatic heterocycles. The molecule has 2 aliphatic rings. The Labute approximate surface area is 196 Å². The van der Waals surface area contributed by atoms with Gasteiger partial charge in [0.15, 0.2) is 16.7 Å². The van der Waals surface area contributed by atoms with Crippen LogP contribution in [0, 0.1) is 0 Å². The summed E-state index contributed by atoms with van der Waals surface area (Å²) in [4.78, 5) is 33.9. The smallest absolute Gasteiger partial charge is 0.266 e. The van der Waals surface area contributed by atoms with E-state index in [1.54, 1.807) is 54.4 Å². The first-order chi connectivity index (χ1) is 16.0. The second-order valence-electron chi connectivity index (χ2n) is 7.48. The van der Waals surface area contributed by atoms with Crippen molar-refractivity contribution in [1.29, 1.82) is 0 Å². The highest BCUT2D eigenvalue weighted by Crippen LogP contribution is 2.35. The second-order valence-corrected chi connectivity index (χ2v) is 8.49. The Morgan fingerprint density at radius 1 is 1.24 bits per heavy atom. The van der Waals surface area contributed by atoms with E-state index in [9.17, 15) is 14.7 Å². The van der Waals surface area contributed by atoms with Gasteiger partial charge in [-0.15, -0.1) is 0 Å². The molecule has 1 N–H and O–H groups in total. The summed E-state index contributed by atoms with van der Waals surface area (Å²) in [5.74, 6) is 0.189. The highest BCUT2D eigenvalue weighted by Gasteiger charge is 2.30. The Morgan fingerprint density at radius 2 is 2.03 bits per heavy atom. The molecule has 9 heteroatoms. The Hall–Kier alpha value is -3.30. The molecule has 2 heterocycles. The van der Waals surface area contributed by atoms with E-state index in [2.05, 4.69) is 4.99 Å². The molecule has 0 unspecified atom stereocenters. The Kier molecular flexibility index (Phi) is 7.00. The molecule has 2 amide bonds. The molecule has 33 heavy (non-hydrogen) atoms. The van der Waals surface area contributed by atoms with E-state index in [4.69, 9.17) is 9.47 Å². The zero-order valence-electron chi connectivity index (χ0n) is 18.5. The molecule has 0 bridgehead atoms. The normalized spacial score (nSPS) is 18.9. The van der Waals surface area contributed by atoms with Crippen molar-refractivity contribution in [2.75, 3.05) is 40.0 Å². The number of benzene rings is 2. The minimum atomic E-state index is -0.176. The first-order valence-corrected chi connectivity index (χ1v) is 11.5. The summed E-state index contributed by atoms with van der Waals surface area (Å²) in [5.41, 5.74) is 1.89. The summed E-state index contributed by atoms with van der Waals surface area (Å²) in [5, 5.41) is 10.4. The lowest BCUT2D eigenvalue weighted by atomic mass is 10.1. The number of aliphatic imine (C=N–C) groups is 1. The largest absolute Gasteiger partial charge is 0.504 e. The number of ether oxygens (including phenoxy) is 2. The maximum Gasteiger partial charge on any atom is 0.266 e. The highest BCUT2D eigenvalue weighted by molar-refractivity contribution is 8.18. The lowest BCUT2D eigenvalue weighted by molar-refractivity contribution is -0.121. The van der Waals surface area contributed by atoms with Gasteiger partial charge >= 0.3 is 0 Å². The van der Waals surface area contributed by atoms with Crippen molar-refractivity contribution in [3.8, 4) is 11.5 Å². The van der Waals surface area contributed by atoms with Gasteiger partial charge in [-0.3, -0.25) is 14.5 Å². The van der Waals surface area contributed by atoms with Gasteiger partial charge in [-0.25, -0.2) is 4.99 Å². The second kappa shape index (κ2) is 10.1. The molecular formula is C24H25N3O5S. The summed E-state index contributed by atoms with van der Waals surface area (Å²) in [6.07, 6.45) is 1.74.